The minimum Gasteiger partial charge on any atom is -0.460 e. The Morgan fingerprint density at radius 1 is 1.57 bits per heavy atom. The van der Waals surface area contributed by atoms with Gasteiger partial charge in [-0.25, -0.2) is 4.79 Å². The molecular formula is C8H15NO5. The largest absolute Gasteiger partial charge is 0.460 e. The van der Waals surface area contributed by atoms with E-state index in [1.165, 1.54) is 14.0 Å². The van der Waals surface area contributed by atoms with Crippen LogP contribution in [0.4, 0.5) is 0 Å². The summed E-state index contributed by atoms with van der Waals surface area (Å²) in [6.07, 6.45) is -0.902. The summed E-state index contributed by atoms with van der Waals surface area (Å²) in [6.45, 7) is 4.73. The van der Waals surface area contributed by atoms with E-state index < -0.39 is 12.1 Å². The lowest BCUT2D eigenvalue weighted by Gasteiger charge is -2.10. The summed E-state index contributed by atoms with van der Waals surface area (Å²) in [5, 5.41) is 9.18. The minimum atomic E-state index is -0.902. The van der Waals surface area contributed by atoms with E-state index in [0.717, 1.165) is 0 Å². The summed E-state index contributed by atoms with van der Waals surface area (Å²) in [5.41, 5.74) is 2.36. The molecule has 0 radical (unpaired) electrons. The maximum absolute atomic E-state index is 10.9. The molecule has 6 heteroatoms. The Bertz CT molecular complexity index is 194. The van der Waals surface area contributed by atoms with E-state index in [-0.39, 0.29) is 18.8 Å². The molecule has 0 fully saturated rings. The highest BCUT2D eigenvalue weighted by molar-refractivity contribution is 5.86. The summed E-state index contributed by atoms with van der Waals surface area (Å²) < 4.78 is 4.66. The normalized spacial score (nSPS) is 12.2. The number of aliphatic hydroxyl groups excluding tert-OH is 1. The van der Waals surface area contributed by atoms with Crippen LogP contribution in [0.1, 0.15) is 6.92 Å². The van der Waals surface area contributed by atoms with Crippen LogP contribution in [0, 0.1) is 0 Å². The van der Waals surface area contributed by atoms with Gasteiger partial charge in [0.25, 0.3) is 0 Å². The van der Waals surface area contributed by atoms with Gasteiger partial charge in [-0.2, -0.15) is 0 Å². The van der Waals surface area contributed by atoms with Crippen LogP contribution < -0.4 is 5.64 Å². The highest BCUT2D eigenvalue weighted by atomic mass is 16.9. The van der Waals surface area contributed by atoms with Gasteiger partial charge in [0, 0.05) is 5.57 Å². The molecule has 0 rings (SSSR count). The minimum absolute atomic E-state index is 0.0443. The molecule has 0 bridgehead atoms. The van der Waals surface area contributed by atoms with Gasteiger partial charge in [0.2, 0.25) is 0 Å². The van der Waals surface area contributed by atoms with E-state index in [1.54, 1.807) is 0 Å². The van der Waals surface area contributed by atoms with Crippen molar-refractivity contribution in [3.63, 3.8) is 0 Å². The second kappa shape index (κ2) is 7.45. The predicted octanol–water partition coefficient (Wildman–Crippen LogP) is -0.451. The molecule has 0 heterocycles. The second-order valence-electron chi connectivity index (χ2n) is 2.63. The highest BCUT2D eigenvalue weighted by Gasteiger charge is 2.09. The van der Waals surface area contributed by atoms with Crippen molar-refractivity contribution < 1.29 is 24.3 Å². The Labute approximate surface area is 82.4 Å². The fraction of sp³-hybridized carbons (Fsp3) is 0.625. The van der Waals surface area contributed by atoms with Crippen molar-refractivity contribution in [3.05, 3.63) is 12.2 Å². The lowest BCUT2D eigenvalue weighted by molar-refractivity contribution is -0.174. The molecule has 0 aromatic heterocycles. The highest BCUT2D eigenvalue weighted by Crippen LogP contribution is 1.94. The van der Waals surface area contributed by atoms with Crippen molar-refractivity contribution in [2.45, 2.75) is 13.0 Å². The first-order valence-electron chi connectivity index (χ1n) is 3.98. The van der Waals surface area contributed by atoms with Gasteiger partial charge in [-0.1, -0.05) is 12.2 Å². The molecule has 82 valence electrons. The number of esters is 1. The second-order valence-corrected chi connectivity index (χ2v) is 2.63. The summed E-state index contributed by atoms with van der Waals surface area (Å²) in [4.78, 5) is 19.8. The van der Waals surface area contributed by atoms with Crippen LogP contribution in [0.25, 0.3) is 0 Å². The number of hydrogen-bond donors (Lipinski definition) is 2. The zero-order valence-electron chi connectivity index (χ0n) is 8.28. The predicted molar refractivity (Wildman–Crippen MR) is 47.9 cm³/mol. The standard InChI is InChI=1S/C8H15NO5/c1-6(2)8(11)13-4-7(10)5-14-9-12-3/h7,9-10H,1,4-5H2,2-3H3. The number of carbonyl (C=O) groups excluding carboxylic acids is 1. The molecule has 1 atom stereocenters. The van der Waals surface area contributed by atoms with Crippen LogP contribution in [0.5, 0.6) is 0 Å². The van der Waals surface area contributed by atoms with Crippen LogP contribution in [-0.2, 0) is 19.2 Å². The Hall–Kier alpha value is -0.950. The molecule has 0 aliphatic heterocycles. The van der Waals surface area contributed by atoms with Gasteiger partial charge in [0.1, 0.15) is 19.3 Å². The van der Waals surface area contributed by atoms with E-state index in [1.807, 2.05) is 0 Å². The molecule has 0 aromatic rings. The van der Waals surface area contributed by atoms with Crippen molar-refractivity contribution >= 4 is 5.97 Å². The molecule has 14 heavy (non-hydrogen) atoms. The molecule has 1 unspecified atom stereocenters. The zero-order valence-corrected chi connectivity index (χ0v) is 8.28. The third-order valence-electron chi connectivity index (χ3n) is 1.17. The number of carbonyl (C=O) groups is 1. The van der Waals surface area contributed by atoms with E-state index in [9.17, 15) is 9.90 Å². The average molecular weight is 205 g/mol. The van der Waals surface area contributed by atoms with Crippen LogP contribution in [0.3, 0.4) is 0 Å². The number of hydrogen-bond acceptors (Lipinski definition) is 6. The van der Waals surface area contributed by atoms with Gasteiger partial charge in [0.15, 0.2) is 0 Å². The maximum Gasteiger partial charge on any atom is 0.333 e. The van der Waals surface area contributed by atoms with Crippen LogP contribution in [-0.4, -0.2) is 37.5 Å². The fourth-order valence-electron chi connectivity index (χ4n) is 0.532. The summed E-state index contributed by atoms with van der Waals surface area (Å²) in [5.74, 6) is -0.538. The quantitative estimate of drug-likeness (QED) is 0.254. The van der Waals surface area contributed by atoms with Gasteiger partial charge >= 0.3 is 5.97 Å². The summed E-state index contributed by atoms with van der Waals surface area (Å²) in [7, 11) is 1.37. The third-order valence-corrected chi connectivity index (χ3v) is 1.17. The number of nitrogens with one attached hydrogen (secondary N) is 1. The van der Waals surface area contributed by atoms with E-state index >= 15 is 0 Å². The Kier molecular flexibility index (Phi) is 6.95. The molecule has 2 N–H and O–H groups in total. The van der Waals surface area contributed by atoms with Crippen LogP contribution in [0.2, 0.25) is 0 Å². The summed E-state index contributed by atoms with van der Waals surface area (Å²) >= 11 is 0. The van der Waals surface area contributed by atoms with Crippen molar-refractivity contribution in [3.8, 4) is 0 Å². The molecular weight excluding hydrogens is 190 g/mol. The molecule has 0 amide bonds. The van der Waals surface area contributed by atoms with Crippen molar-refractivity contribution in [1.82, 2.24) is 5.64 Å². The smallest absolute Gasteiger partial charge is 0.333 e. The van der Waals surface area contributed by atoms with Crippen molar-refractivity contribution in [2.75, 3.05) is 20.3 Å². The van der Waals surface area contributed by atoms with Gasteiger partial charge in [0.05, 0.1) is 7.11 Å². The lowest BCUT2D eigenvalue weighted by Crippen LogP contribution is -2.27. The monoisotopic (exact) mass is 205 g/mol. The average Bonchev–Trinajstić information content (AvgIpc) is 2.14. The molecule has 0 aromatic carbocycles. The van der Waals surface area contributed by atoms with Gasteiger partial charge < -0.3 is 9.84 Å². The van der Waals surface area contributed by atoms with Gasteiger partial charge in [-0.15, -0.1) is 0 Å². The topological polar surface area (TPSA) is 77.0 Å². The number of rotatable bonds is 7. The lowest BCUT2D eigenvalue weighted by atomic mass is 10.3. The van der Waals surface area contributed by atoms with Crippen molar-refractivity contribution in [1.29, 1.82) is 0 Å². The molecule has 0 aliphatic rings. The number of ether oxygens (including phenoxy) is 1. The Balaban J connectivity index is 3.48. The Morgan fingerprint density at radius 3 is 2.71 bits per heavy atom. The first-order chi connectivity index (χ1) is 6.57. The van der Waals surface area contributed by atoms with Crippen LogP contribution >= 0.6 is 0 Å². The molecule has 0 aliphatic carbocycles. The molecule has 0 saturated carbocycles. The van der Waals surface area contributed by atoms with E-state index in [4.69, 9.17) is 0 Å². The first kappa shape index (κ1) is 13.1. The zero-order chi connectivity index (χ0) is 11.0. The van der Waals surface area contributed by atoms with Gasteiger partial charge in [-0.3, -0.25) is 9.68 Å². The first-order valence-corrected chi connectivity index (χ1v) is 3.98. The maximum atomic E-state index is 10.9. The van der Waals surface area contributed by atoms with E-state index in [0.29, 0.717) is 0 Å². The summed E-state index contributed by atoms with van der Waals surface area (Å²) in [6, 6.07) is 0. The van der Waals surface area contributed by atoms with Crippen molar-refractivity contribution in [2.24, 2.45) is 0 Å². The van der Waals surface area contributed by atoms with Gasteiger partial charge in [-0.05, 0) is 6.92 Å². The number of aliphatic hydroxyl groups is 1. The molecule has 6 nitrogen and oxygen atoms in total. The SMILES string of the molecule is C=C(C)C(=O)OCC(O)CONOC. The fourth-order valence-corrected chi connectivity index (χ4v) is 0.532. The Morgan fingerprint density at radius 2 is 2.21 bits per heavy atom. The molecule has 0 spiro atoms. The van der Waals surface area contributed by atoms with Crippen LogP contribution in [0.15, 0.2) is 12.2 Å². The molecule has 0 saturated heterocycles. The van der Waals surface area contributed by atoms with E-state index in [2.05, 4.69) is 26.6 Å². The third kappa shape index (κ3) is 6.55.